The number of carbonyl (C=O) groups is 1. The molecule has 0 amide bonds. The van der Waals surface area contributed by atoms with E-state index in [0.717, 1.165) is 22.9 Å². The van der Waals surface area contributed by atoms with E-state index in [1.165, 1.54) is 24.8 Å². The lowest BCUT2D eigenvalue weighted by Crippen LogP contribution is -2.26. The lowest BCUT2D eigenvalue weighted by atomic mass is 10.1. The number of hydrogen-bond acceptors (Lipinski definition) is 7. The molecule has 2 heterocycles. The number of aromatic amines is 1. The van der Waals surface area contributed by atoms with Crippen LogP contribution >= 0.6 is 23.4 Å². The minimum Gasteiger partial charge on any atom is -0.481 e. The standard InChI is InChI=1S/C21H17ClN4O4S2/c22-16-5-1-13(2-6-16)14-3-7-17(8-4-14)32(29,30)10-15(21(27)28)9-31-20-18-19(24-11-23-18)25-12-26-20/h1-8,11-12,15H,9-10H2,(H,27,28)(H,23,24,25,26). The Morgan fingerprint density at radius 3 is 2.34 bits per heavy atom. The quantitative estimate of drug-likeness (QED) is 0.282. The number of nitrogens with zero attached hydrogens (tertiary/aromatic N) is 3. The fourth-order valence-electron chi connectivity index (χ4n) is 3.08. The molecule has 4 rings (SSSR count). The molecule has 0 radical (unpaired) electrons. The van der Waals surface area contributed by atoms with E-state index in [1.54, 1.807) is 24.3 Å². The zero-order chi connectivity index (χ0) is 22.7. The second-order valence-corrected chi connectivity index (χ2v) is 10.4. The highest BCUT2D eigenvalue weighted by molar-refractivity contribution is 7.99. The van der Waals surface area contributed by atoms with Crippen molar-refractivity contribution in [3.8, 4) is 11.1 Å². The van der Waals surface area contributed by atoms with Gasteiger partial charge in [-0.2, -0.15) is 0 Å². The van der Waals surface area contributed by atoms with E-state index in [9.17, 15) is 18.3 Å². The summed E-state index contributed by atoms with van der Waals surface area (Å²) in [5, 5.41) is 10.7. The van der Waals surface area contributed by atoms with Crippen molar-refractivity contribution in [2.24, 2.45) is 5.92 Å². The van der Waals surface area contributed by atoms with Crippen molar-refractivity contribution < 1.29 is 18.3 Å². The largest absolute Gasteiger partial charge is 0.481 e. The molecule has 0 bridgehead atoms. The summed E-state index contributed by atoms with van der Waals surface area (Å²) in [5.41, 5.74) is 2.77. The molecule has 0 saturated carbocycles. The lowest BCUT2D eigenvalue weighted by molar-refractivity contribution is -0.140. The van der Waals surface area contributed by atoms with E-state index in [0.29, 0.717) is 21.2 Å². The van der Waals surface area contributed by atoms with Crippen LogP contribution in [0.15, 0.2) is 71.1 Å². The highest BCUT2D eigenvalue weighted by Gasteiger charge is 2.27. The lowest BCUT2D eigenvalue weighted by Gasteiger charge is -2.13. The molecule has 2 aromatic heterocycles. The summed E-state index contributed by atoms with van der Waals surface area (Å²) < 4.78 is 25.8. The topological polar surface area (TPSA) is 126 Å². The van der Waals surface area contributed by atoms with Crippen LogP contribution in [-0.2, 0) is 14.6 Å². The molecular weight excluding hydrogens is 472 g/mol. The number of imidazole rings is 1. The van der Waals surface area contributed by atoms with Gasteiger partial charge in [-0.25, -0.2) is 23.4 Å². The zero-order valence-electron chi connectivity index (χ0n) is 16.5. The van der Waals surface area contributed by atoms with Crippen LogP contribution in [-0.4, -0.2) is 50.9 Å². The van der Waals surface area contributed by atoms with Gasteiger partial charge in [-0.3, -0.25) is 4.79 Å². The SMILES string of the molecule is O=C(O)C(CSc1ncnc2nc[nH]c12)CS(=O)(=O)c1ccc(-c2ccc(Cl)cc2)cc1. The van der Waals surface area contributed by atoms with Crippen molar-refractivity contribution in [1.29, 1.82) is 0 Å². The van der Waals surface area contributed by atoms with Crippen molar-refractivity contribution in [3.63, 3.8) is 0 Å². The van der Waals surface area contributed by atoms with Crippen LogP contribution in [0.5, 0.6) is 0 Å². The molecule has 11 heteroatoms. The Hall–Kier alpha value is -2.95. The Bertz CT molecular complexity index is 1360. The summed E-state index contributed by atoms with van der Waals surface area (Å²) in [6, 6.07) is 13.6. The number of rotatable bonds is 8. The van der Waals surface area contributed by atoms with Crippen LogP contribution in [0.3, 0.4) is 0 Å². The number of nitrogens with one attached hydrogen (secondary N) is 1. The van der Waals surface area contributed by atoms with E-state index in [1.807, 2.05) is 12.1 Å². The number of aromatic nitrogens is 4. The molecule has 0 spiro atoms. The van der Waals surface area contributed by atoms with Crippen molar-refractivity contribution in [3.05, 3.63) is 66.2 Å². The fraction of sp³-hybridized carbons (Fsp3) is 0.143. The summed E-state index contributed by atoms with van der Waals surface area (Å²) in [6.07, 6.45) is 2.80. The summed E-state index contributed by atoms with van der Waals surface area (Å²) >= 11 is 7.05. The number of halogens is 1. The number of sulfone groups is 1. The third kappa shape index (κ3) is 4.93. The fourth-order valence-corrected chi connectivity index (χ4v) is 5.92. The highest BCUT2D eigenvalue weighted by atomic mass is 35.5. The zero-order valence-corrected chi connectivity index (χ0v) is 18.9. The number of fused-ring (bicyclic) bond motifs is 1. The second-order valence-electron chi connectivity index (χ2n) is 6.94. The minimum atomic E-state index is -3.81. The minimum absolute atomic E-state index is 0.0303. The molecule has 32 heavy (non-hydrogen) atoms. The third-order valence-electron chi connectivity index (χ3n) is 4.77. The normalized spacial score (nSPS) is 12.7. The molecular formula is C21H17ClN4O4S2. The van der Waals surface area contributed by atoms with E-state index in [-0.39, 0.29) is 10.6 Å². The Kier molecular flexibility index (Phi) is 6.45. The molecule has 0 saturated heterocycles. The maximum Gasteiger partial charge on any atom is 0.308 e. The van der Waals surface area contributed by atoms with E-state index < -0.39 is 27.5 Å². The second kappa shape index (κ2) is 9.27. The van der Waals surface area contributed by atoms with Crippen LogP contribution in [0.4, 0.5) is 0 Å². The average molecular weight is 489 g/mol. The van der Waals surface area contributed by atoms with Gasteiger partial charge in [0.15, 0.2) is 15.5 Å². The van der Waals surface area contributed by atoms with E-state index in [2.05, 4.69) is 19.9 Å². The van der Waals surface area contributed by atoms with Gasteiger partial charge >= 0.3 is 5.97 Å². The van der Waals surface area contributed by atoms with Crippen LogP contribution < -0.4 is 0 Å². The Morgan fingerprint density at radius 1 is 1.03 bits per heavy atom. The molecule has 1 atom stereocenters. The van der Waals surface area contributed by atoms with Crippen LogP contribution in [0, 0.1) is 5.92 Å². The van der Waals surface area contributed by atoms with E-state index >= 15 is 0 Å². The first-order valence-electron chi connectivity index (χ1n) is 9.42. The maximum atomic E-state index is 12.9. The van der Waals surface area contributed by atoms with Gasteiger partial charge < -0.3 is 10.1 Å². The Morgan fingerprint density at radius 2 is 1.69 bits per heavy atom. The van der Waals surface area contributed by atoms with Gasteiger partial charge in [0.2, 0.25) is 0 Å². The summed E-state index contributed by atoms with van der Waals surface area (Å²) in [4.78, 5) is 26.9. The van der Waals surface area contributed by atoms with Crippen LogP contribution in [0.2, 0.25) is 5.02 Å². The molecule has 8 nitrogen and oxygen atoms in total. The monoisotopic (exact) mass is 488 g/mol. The van der Waals surface area contributed by atoms with Gasteiger partial charge in [0.25, 0.3) is 0 Å². The molecule has 2 N–H and O–H groups in total. The number of H-pyrrole nitrogens is 1. The van der Waals surface area contributed by atoms with Gasteiger partial charge in [-0.05, 0) is 35.4 Å². The van der Waals surface area contributed by atoms with Gasteiger partial charge in [-0.1, -0.05) is 35.9 Å². The molecule has 4 aromatic rings. The predicted octanol–water partition coefficient (Wildman–Crippen LogP) is 3.94. The van der Waals surface area contributed by atoms with Gasteiger partial charge in [-0.15, -0.1) is 11.8 Å². The predicted molar refractivity (Wildman–Crippen MR) is 122 cm³/mol. The van der Waals surface area contributed by atoms with Gasteiger partial charge in [0.1, 0.15) is 16.9 Å². The first-order chi connectivity index (χ1) is 15.3. The van der Waals surface area contributed by atoms with Crippen LogP contribution in [0.25, 0.3) is 22.3 Å². The molecule has 1 unspecified atom stereocenters. The molecule has 0 aliphatic carbocycles. The number of carboxylic acid groups (broad SMARTS) is 1. The maximum absolute atomic E-state index is 12.9. The third-order valence-corrected chi connectivity index (χ3v) is 8.01. The summed E-state index contributed by atoms with van der Waals surface area (Å²) in [6.45, 7) is 0. The van der Waals surface area contributed by atoms with E-state index in [4.69, 9.17) is 11.6 Å². The van der Waals surface area contributed by atoms with Gasteiger partial charge in [0.05, 0.1) is 22.9 Å². The Balaban J connectivity index is 1.49. The average Bonchev–Trinajstić information content (AvgIpc) is 3.27. The molecule has 2 aromatic carbocycles. The number of aliphatic carboxylic acids is 1. The highest BCUT2D eigenvalue weighted by Crippen LogP contribution is 2.27. The first-order valence-corrected chi connectivity index (χ1v) is 12.4. The van der Waals surface area contributed by atoms with Crippen molar-refractivity contribution in [1.82, 2.24) is 19.9 Å². The van der Waals surface area contributed by atoms with Crippen molar-refractivity contribution >= 4 is 50.3 Å². The number of hydrogen-bond donors (Lipinski definition) is 2. The summed E-state index contributed by atoms with van der Waals surface area (Å²) in [7, 11) is -3.81. The van der Waals surface area contributed by atoms with Crippen molar-refractivity contribution in [2.75, 3.05) is 11.5 Å². The molecule has 0 aliphatic heterocycles. The van der Waals surface area contributed by atoms with Crippen LogP contribution in [0.1, 0.15) is 0 Å². The number of thioether (sulfide) groups is 1. The Labute approximate surface area is 193 Å². The smallest absolute Gasteiger partial charge is 0.308 e. The van der Waals surface area contributed by atoms with Gasteiger partial charge in [0, 0.05) is 10.8 Å². The van der Waals surface area contributed by atoms with Crippen molar-refractivity contribution in [2.45, 2.75) is 9.92 Å². The first kappa shape index (κ1) is 22.3. The molecule has 164 valence electrons. The molecule has 0 fully saturated rings. The molecule has 0 aliphatic rings. The number of carboxylic acids is 1. The summed E-state index contributed by atoms with van der Waals surface area (Å²) in [5.74, 6) is -2.79. The number of benzene rings is 2.